The Bertz CT molecular complexity index is 910. The highest BCUT2D eigenvalue weighted by Crippen LogP contribution is 2.41. The lowest BCUT2D eigenvalue weighted by atomic mass is 9.78. The maximum absolute atomic E-state index is 13.2. The van der Waals surface area contributed by atoms with Crippen molar-refractivity contribution < 1.29 is 9.53 Å². The van der Waals surface area contributed by atoms with Gasteiger partial charge in [-0.25, -0.2) is 4.98 Å². The number of carbonyl (C=O) groups is 1. The number of methoxy groups -OCH3 is 1. The summed E-state index contributed by atoms with van der Waals surface area (Å²) < 4.78 is 5.19. The molecule has 28 heavy (non-hydrogen) atoms. The van der Waals surface area contributed by atoms with Crippen LogP contribution in [0.15, 0.2) is 18.2 Å². The van der Waals surface area contributed by atoms with Crippen LogP contribution in [-0.2, 0) is 9.53 Å². The van der Waals surface area contributed by atoms with E-state index in [4.69, 9.17) is 9.72 Å². The summed E-state index contributed by atoms with van der Waals surface area (Å²) in [7, 11) is 1.69. The van der Waals surface area contributed by atoms with E-state index in [0.717, 1.165) is 50.2 Å². The molecular formula is C23H31N3O2. The van der Waals surface area contributed by atoms with Gasteiger partial charge in [0.05, 0.1) is 17.5 Å². The van der Waals surface area contributed by atoms with E-state index < -0.39 is 0 Å². The van der Waals surface area contributed by atoms with Gasteiger partial charge in [0, 0.05) is 38.7 Å². The van der Waals surface area contributed by atoms with E-state index in [0.29, 0.717) is 19.1 Å². The van der Waals surface area contributed by atoms with Crippen molar-refractivity contribution in [2.45, 2.75) is 40.0 Å². The van der Waals surface area contributed by atoms with Crippen LogP contribution in [0, 0.1) is 26.2 Å². The van der Waals surface area contributed by atoms with Crippen LogP contribution >= 0.6 is 0 Å². The number of hydrogen-bond donors (Lipinski definition) is 0. The Morgan fingerprint density at radius 3 is 2.75 bits per heavy atom. The zero-order valence-electron chi connectivity index (χ0n) is 17.5. The molecule has 3 heterocycles. The number of piperidine rings is 1. The van der Waals surface area contributed by atoms with Gasteiger partial charge < -0.3 is 14.5 Å². The molecule has 0 saturated carbocycles. The second-order valence-electron chi connectivity index (χ2n) is 8.54. The number of amides is 1. The maximum Gasteiger partial charge on any atom is 0.230 e. The van der Waals surface area contributed by atoms with E-state index >= 15 is 0 Å². The summed E-state index contributed by atoms with van der Waals surface area (Å²) in [5, 5.41) is 1.22. The molecule has 0 bridgehead atoms. The first-order valence-corrected chi connectivity index (χ1v) is 10.4. The largest absolute Gasteiger partial charge is 0.383 e. The summed E-state index contributed by atoms with van der Waals surface area (Å²) in [5.74, 6) is 1.32. The molecule has 150 valence electrons. The topological polar surface area (TPSA) is 45.7 Å². The molecule has 0 unspecified atom stereocenters. The molecule has 2 aliphatic heterocycles. The van der Waals surface area contributed by atoms with Crippen molar-refractivity contribution in [3.63, 3.8) is 0 Å². The summed E-state index contributed by atoms with van der Waals surface area (Å²) in [6.07, 6.45) is 2.98. The van der Waals surface area contributed by atoms with Crippen molar-refractivity contribution in [2.75, 3.05) is 44.8 Å². The fraction of sp³-hybridized carbons (Fsp3) is 0.565. The standard InChI is InChI=1S/C23H31N3O2/c1-16-6-7-19-17(2)14-20(24-21(19)18(16)3)26-11-9-23(15-26)8-5-10-25(22(23)27)12-13-28-4/h6-7,14H,5,8-13,15H2,1-4H3/t23-/m1/s1. The van der Waals surface area contributed by atoms with E-state index in [1.807, 2.05) is 4.90 Å². The highest BCUT2D eigenvalue weighted by molar-refractivity contribution is 5.88. The third-order valence-electron chi connectivity index (χ3n) is 6.77. The average molecular weight is 382 g/mol. The Labute approximate surface area is 167 Å². The van der Waals surface area contributed by atoms with Gasteiger partial charge in [0.25, 0.3) is 0 Å². The van der Waals surface area contributed by atoms with Crippen molar-refractivity contribution in [1.29, 1.82) is 0 Å². The Hall–Kier alpha value is -2.14. The molecule has 0 N–H and O–H groups in total. The number of ether oxygens (including phenoxy) is 1. The molecule has 2 aromatic rings. The van der Waals surface area contributed by atoms with Crippen LogP contribution in [0.1, 0.15) is 36.0 Å². The number of aryl methyl sites for hydroxylation is 3. The number of likely N-dealkylation sites (tertiary alicyclic amines) is 1. The summed E-state index contributed by atoms with van der Waals surface area (Å²) in [5.41, 5.74) is 4.60. The third kappa shape index (κ3) is 3.16. The first-order chi connectivity index (χ1) is 13.4. The van der Waals surface area contributed by atoms with Gasteiger partial charge in [-0.2, -0.15) is 0 Å². The lowest BCUT2D eigenvalue weighted by molar-refractivity contribution is -0.145. The molecular weight excluding hydrogens is 350 g/mol. The van der Waals surface area contributed by atoms with E-state index in [9.17, 15) is 4.79 Å². The number of pyridine rings is 1. The third-order valence-corrected chi connectivity index (χ3v) is 6.77. The quantitative estimate of drug-likeness (QED) is 0.811. The van der Waals surface area contributed by atoms with Crippen molar-refractivity contribution in [3.8, 4) is 0 Å². The monoisotopic (exact) mass is 381 g/mol. The van der Waals surface area contributed by atoms with Gasteiger partial charge in [-0.1, -0.05) is 12.1 Å². The maximum atomic E-state index is 13.2. The van der Waals surface area contributed by atoms with Crippen molar-refractivity contribution in [1.82, 2.24) is 9.88 Å². The number of rotatable bonds is 4. The molecule has 1 spiro atoms. The van der Waals surface area contributed by atoms with Gasteiger partial charge in [-0.05, 0) is 62.8 Å². The molecule has 1 aromatic carbocycles. The fourth-order valence-electron chi connectivity index (χ4n) is 4.86. The van der Waals surface area contributed by atoms with E-state index in [2.05, 4.69) is 43.9 Å². The van der Waals surface area contributed by atoms with Crippen molar-refractivity contribution in [2.24, 2.45) is 5.41 Å². The molecule has 1 atom stereocenters. The SMILES string of the molecule is COCCN1CCC[C@]2(CCN(c3cc(C)c4ccc(C)c(C)c4n3)C2)C1=O. The van der Waals surface area contributed by atoms with Crippen LogP contribution in [0.25, 0.3) is 10.9 Å². The molecule has 4 rings (SSSR count). The second-order valence-corrected chi connectivity index (χ2v) is 8.54. The molecule has 1 amide bonds. The van der Waals surface area contributed by atoms with Crippen LogP contribution in [0.2, 0.25) is 0 Å². The molecule has 0 aliphatic carbocycles. The Kier molecular flexibility index (Phi) is 5.04. The number of aromatic nitrogens is 1. The highest BCUT2D eigenvalue weighted by Gasteiger charge is 2.48. The van der Waals surface area contributed by atoms with E-state index in [1.54, 1.807) is 7.11 Å². The molecule has 0 radical (unpaired) electrons. The minimum atomic E-state index is -0.252. The number of fused-ring (bicyclic) bond motifs is 1. The zero-order valence-corrected chi connectivity index (χ0v) is 17.5. The number of benzene rings is 1. The summed E-state index contributed by atoms with van der Waals surface area (Å²) in [4.78, 5) is 22.6. The van der Waals surface area contributed by atoms with Gasteiger partial charge in [0.2, 0.25) is 5.91 Å². The van der Waals surface area contributed by atoms with Crippen LogP contribution < -0.4 is 4.90 Å². The lowest BCUT2D eigenvalue weighted by Gasteiger charge is -2.39. The van der Waals surface area contributed by atoms with Gasteiger partial charge >= 0.3 is 0 Å². The van der Waals surface area contributed by atoms with Crippen LogP contribution in [0.4, 0.5) is 5.82 Å². The van der Waals surface area contributed by atoms with E-state index in [-0.39, 0.29) is 5.41 Å². The van der Waals surface area contributed by atoms with Crippen LogP contribution in [0.5, 0.6) is 0 Å². The normalized spacial score (nSPS) is 22.6. The van der Waals surface area contributed by atoms with Crippen molar-refractivity contribution in [3.05, 3.63) is 34.9 Å². The molecule has 2 saturated heterocycles. The summed E-state index contributed by atoms with van der Waals surface area (Å²) in [6.45, 7) is 10.3. The first kappa shape index (κ1) is 19.2. The molecule has 5 nitrogen and oxygen atoms in total. The van der Waals surface area contributed by atoms with E-state index in [1.165, 1.54) is 22.1 Å². The first-order valence-electron chi connectivity index (χ1n) is 10.4. The minimum absolute atomic E-state index is 0.252. The predicted molar refractivity (Wildman–Crippen MR) is 113 cm³/mol. The van der Waals surface area contributed by atoms with Gasteiger partial charge in [0.15, 0.2) is 0 Å². The van der Waals surface area contributed by atoms with Crippen molar-refractivity contribution >= 4 is 22.6 Å². The molecule has 1 aromatic heterocycles. The fourth-order valence-corrected chi connectivity index (χ4v) is 4.86. The molecule has 5 heteroatoms. The van der Waals surface area contributed by atoms with Crippen LogP contribution in [0.3, 0.4) is 0 Å². The second kappa shape index (κ2) is 7.36. The molecule has 2 fully saturated rings. The number of carbonyl (C=O) groups excluding carboxylic acids is 1. The predicted octanol–water partition coefficient (Wildman–Crippen LogP) is 3.63. The zero-order chi connectivity index (χ0) is 19.9. The minimum Gasteiger partial charge on any atom is -0.383 e. The molecule has 2 aliphatic rings. The van der Waals surface area contributed by atoms with Gasteiger partial charge in [0.1, 0.15) is 5.82 Å². The number of nitrogens with zero attached hydrogens (tertiary/aromatic N) is 3. The number of hydrogen-bond acceptors (Lipinski definition) is 4. The smallest absolute Gasteiger partial charge is 0.230 e. The Balaban J connectivity index is 1.62. The lowest BCUT2D eigenvalue weighted by Crippen LogP contribution is -2.51. The number of anilines is 1. The highest BCUT2D eigenvalue weighted by atomic mass is 16.5. The average Bonchev–Trinajstić information content (AvgIpc) is 3.11. The van der Waals surface area contributed by atoms with Crippen LogP contribution in [-0.4, -0.2) is 55.7 Å². The van der Waals surface area contributed by atoms with Gasteiger partial charge in [-0.15, -0.1) is 0 Å². The van der Waals surface area contributed by atoms with Gasteiger partial charge in [-0.3, -0.25) is 4.79 Å². The summed E-state index contributed by atoms with van der Waals surface area (Å²) in [6, 6.07) is 6.53. The summed E-state index contributed by atoms with van der Waals surface area (Å²) >= 11 is 0. The Morgan fingerprint density at radius 2 is 1.96 bits per heavy atom. The Morgan fingerprint density at radius 1 is 1.14 bits per heavy atom.